The van der Waals surface area contributed by atoms with Gasteiger partial charge in [0, 0.05) is 30.9 Å². The average Bonchev–Trinajstić information content (AvgIpc) is 3.66. The third-order valence-electron chi connectivity index (χ3n) is 6.46. The van der Waals surface area contributed by atoms with E-state index in [2.05, 4.69) is 30.2 Å². The Hall–Kier alpha value is -4.41. The number of para-hydroxylation sites is 1. The smallest absolute Gasteiger partial charge is 0.320 e. The van der Waals surface area contributed by atoms with Crippen molar-refractivity contribution in [1.82, 2.24) is 29.6 Å². The normalized spacial score (nSPS) is 17.1. The SMILES string of the molecule is Cc1c(OCC#N)nn(-c2ccccc2)c1NC(=O)NC1CN(Cc2csnn2)CC1c1ccc(F)c(F)c1. The molecule has 3 heterocycles. The van der Waals surface area contributed by atoms with Crippen LogP contribution in [0.3, 0.4) is 0 Å². The quantitative estimate of drug-likeness (QED) is 0.340. The molecule has 2 unspecified atom stereocenters. The molecule has 0 saturated carbocycles. The molecule has 10 nitrogen and oxygen atoms in total. The molecule has 2 N–H and O–H groups in total. The van der Waals surface area contributed by atoms with Gasteiger partial charge in [-0.2, -0.15) is 5.26 Å². The Morgan fingerprint density at radius 1 is 1.21 bits per heavy atom. The van der Waals surface area contributed by atoms with Crippen LogP contribution in [0, 0.1) is 29.9 Å². The Labute approximate surface area is 227 Å². The number of urea groups is 1. The fraction of sp³-hybridized carbons (Fsp3) is 0.269. The second kappa shape index (κ2) is 11.5. The van der Waals surface area contributed by atoms with Gasteiger partial charge in [-0.1, -0.05) is 28.8 Å². The first kappa shape index (κ1) is 26.2. The number of hydrogen-bond acceptors (Lipinski definition) is 8. The summed E-state index contributed by atoms with van der Waals surface area (Å²) in [5.74, 6) is -1.57. The van der Waals surface area contributed by atoms with E-state index in [4.69, 9.17) is 10.00 Å². The summed E-state index contributed by atoms with van der Waals surface area (Å²) in [5, 5.41) is 25.2. The number of nitrogens with zero attached hydrogens (tertiary/aromatic N) is 6. The Bertz CT molecular complexity index is 1490. The van der Waals surface area contributed by atoms with Crippen molar-refractivity contribution in [1.29, 1.82) is 5.26 Å². The highest BCUT2D eigenvalue weighted by atomic mass is 32.1. The zero-order valence-electron chi connectivity index (χ0n) is 20.8. The predicted octanol–water partition coefficient (Wildman–Crippen LogP) is 4.00. The van der Waals surface area contributed by atoms with E-state index in [9.17, 15) is 13.6 Å². The van der Waals surface area contributed by atoms with E-state index >= 15 is 0 Å². The van der Waals surface area contributed by atoms with Gasteiger partial charge in [0.25, 0.3) is 0 Å². The first-order chi connectivity index (χ1) is 18.9. The fourth-order valence-electron chi connectivity index (χ4n) is 4.65. The summed E-state index contributed by atoms with van der Waals surface area (Å²) in [4.78, 5) is 15.4. The van der Waals surface area contributed by atoms with Crippen molar-refractivity contribution in [2.45, 2.75) is 25.4 Å². The van der Waals surface area contributed by atoms with E-state index in [0.717, 1.165) is 11.8 Å². The summed E-state index contributed by atoms with van der Waals surface area (Å²) < 4.78 is 38.6. The van der Waals surface area contributed by atoms with E-state index in [-0.39, 0.29) is 18.4 Å². The number of hydrogen-bond donors (Lipinski definition) is 2. The molecule has 5 rings (SSSR count). The highest BCUT2D eigenvalue weighted by Crippen LogP contribution is 2.31. The Morgan fingerprint density at radius 2 is 2.03 bits per heavy atom. The van der Waals surface area contributed by atoms with Crippen LogP contribution < -0.4 is 15.4 Å². The predicted molar refractivity (Wildman–Crippen MR) is 140 cm³/mol. The third-order valence-corrected chi connectivity index (χ3v) is 7.01. The molecule has 0 radical (unpaired) electrons. The van der Waals surface area contributed by atoms with Gasteiger partial charge in [-0.15, -0.1) is 10.2 Å². The molecule has 0 bridgehead atoms. The van der Waals surface area contributed by atoms with Crippen molar-refractivity contribution in [3.8, 4) is 17.6 Å². The lowest BCUT2D eigenvalue weighted by Crippen LogP contribution is -2.42. The first-order valence-corrected chi connectivity index (χ1v) is 12.9. The molecule has 2 amide bonds. The second-order valence-electron chi connectivity index (χ2n) is 9.05. The van der Waals surface area contributed by atoms with Crippen LogP contribution >= 0.6 is 11.5 Å². The molecule has 1 aliphatic heterocycles. The molecule has 1 aliphatic rings. The van der Waals surface area contributed by atoms with E-state index in [1.54, 1.807) is 6.92 Å². The second-order valence-corrected chi connectivity index (χ2v) is 9.66. The maximum Gasteiger partial charge on any atom is 0.320 e. The number of halogens is 2. The molecule has 1 fully saturated rings. The van der Waals surface area contributed by atoms with Gasteiger partial charge in [0.2, 0.25) is 5.88 Å². The molecule has 2 aromatic heterocycles. The van der Waals surface area contributed by atoms with Crippen LogP contribution in [0.2, 0.25) is 0 Å². The van der Waals surface area contributed by atoms with Crippen molar-refractivity contribution < 1.29 is 18.3 Å². The lowest BCUT2D eigenvalue weighted by atomic mass is 9.94. The molecule has 1 saturated heterocycles. The van der Waals surface area contributed by atoms with Gasteiger partial charge < -0.3 is 10.1 Å². The molecule has 200 valence electrons. The van der Waals surface area contributed by atoms with E-state index < -0.39 is 23.7 Å². The Kier molecular flexibility index (Phi) is 7.76. The molecule has 13 heteroatoms. The van der Waals surface area contributed by atoms with Crippen LogP contribution in [0.15, 0.2) is 53.9 Å². The minimum Gasteiger partial charge on any atom is -0.461 e. The van der Waals surface area contributed by atoms with E-state index in [1.807, 2.05) is 41.8 Å². The standard InChI is InChI=1S/C26H24F2N8O2S/c1-16-24(36(19-5-3-2-4-6-19)33-25(16)38-10-9-29)31-26(37)30-23-14-35(12-18-15-39-34-32-18)13-20(23)17-7-8-21(27)22(28)11-17/h2-8,11,15,20,23H,10,12-14H2,1H3,(H2,30,31,37). The number of ether oxygens (including phenoxy) is 1. The Morgan fingerprint density at radius 3 is 2.74 bits per heavy atom. The zero-order chi connectivity index (χ0) is 27.4. The highest BCUT2D eigenvalue weighted by Gasteiger charge is 2.36. The van der Waals surface area contributed by atoms with Gasteiger partial charge in [-0.05, 0) is 48.3 Å². The summed E-state index contributed by atoms with van der Waals surface area (Å²) in [6.07, 6.45) is 0. The number of aromatic nitrogens is 4. The number of carbonyl (C=O) groups is 1. The minimum absolute atomic E-state index is 0.194. The number of benzene rings is 2. The molecule has 4 aromatic rings. The minimum atomic E-state index is -0.940. The van der Waals surface area contributed by atoms with Crippen molar-refractivity contribution in [3.63, 3.8) is 0 Å². The molecule has 2 atom stereocenters. The van der Waals surface area contributed by atoms with E-state index in [1.165, 1.54) is 28.3 Å². The number of amides is 2. The molecule has 2 aromatic carbocycles. The lowest BCUT2D eigenvalue weighted by Gasteiger charge is -2.21. The number of anilines is 1. The summed E-state index contributed by atoms with van der Waals surface area (Å²) in [6.45, 7) is 3.01. The van der Waals surface area contributed by atoms with Gasteiger partial charge in [0.15, 0.2) is 18.2 Å². The van der Waals surface area contributed by atoms with Gasteiger partial charge >= 0.3 is 6.03 Å². The molecule has 0 spiro atoms. The number of carbonyl (C=O) groups excluding carboxylic acids is 1. The number of nitrogens with one attached hydrogen (secondary N) is 2. The van der Waals surface area contributed by atoms with Gasteiger partial charge in [-0.3, -0.25) is 10.2 Å². The largest absolute Gasteiger partial charge is 0.461 e. The molecule has 0 aliphatic carbocycles. The van der Waals surface area contributed by atoms with Crippen LogP contribution in [-0.4, -0.2) is 56.0 Å². The lowest BCUT2D eigenvalue weighted by molar-refractivity contribution is 0.246. The number of likely N-dealkylation sites (tertiary alicyclic amines) is 1. The summed E-state index contributed by atoms with van der Waals surface area (Å²) in [7, 11) is 0. The van der Waals surface area contributed by atoms with Crippen LogP contribution in [0.1, 0.15) is 22.7 Å². The Balaban J connectivity index is 1.39. The first-order valence-electron chi connectivity index (χ1n) is 12.1. The van der Waals surface area contributed by atoms with E-state index in [0.29, 0.717) is 42.3 Å². The van der Waals surface area contributed by atoms with Crippen LogP contribution in [0.5, 0.6) is 5.88 Å². The molecular weight excluding hydrogens is 526 g/mol. The summed E-state index contributed by atoms with van der Waals surface area (Å²) >= 11 is 1.25. The number of nitriles is 1. The van der Waals surface area contributed by atoms with Crippen molar-refractivity contribution in [2.24, 2.45) is 0 Å². The summed E-state index contributed by atoms with van der Waals surface area (Å²) in [5.41, 5.74) is 2.61. The van der Waals surface area contributed by atoms with Crippen LogP contribution in [0.25, 0.3) is 5.69 Å². The topological polar surface area (TPSA) is 121 Å². The van der Waals surface area contributed by atoms with Crippen molar-refractivity contribution in [2.75, 3.05) is 25.0 Å². The zero-order valence-corrected chi connectivity index (χ0v) is 21.7. The van der Waals surface area contributed by atoms with Gasteiger partial charge in [0.05, 0.1) is 23.0 Å². The number of rotatable bonds is 8. The van der Waals surface area contributed by atoms with Crippen molar-refractivity contribution in [3.05, 3.63) is 82.4 Å². The third kappa shape index (κ3) is 5.87. The van der Waals surface area contributed by atoms with Gasteiger partial charge in [0.1, 0.15) is 11.9 Å². The van der Waals surface area contributed by atoms with Gasteiger partial charge in [-0.25, -0.2) is 18.3 Å². The van der Waals surface area contributed by atoms with Crippen molar-refractivity contribution >= 4 is 23.4 Å². The fourth-order valence-corrected chi connectivity index (χ4v) is 5.09. The monoisotopic (exact) mass is 550 g/mol. The van der Waals surface area contributed by atoms with Crippen LogP contribution in [0.4, 0.5) is 19.4 Å². The maximum absolute atomic E-state index is 14.1. The molecule has 39 heavy (non-hydrogen) atoms. The van der Waals surface area contributed by atoms with Crippen LogP contribution in [-0.2, 0) is 6.54 Å². The highest BCUT2D eigenvalue weighted by molar-refractivity contribution is 7.03. The summed E-state index contributed by atoms with van der Waals surface area (Å²) in [6, 6.07) is 14.0. The maximum atomic E-state index is 14.1. The molecular formula is C26H24F2N8O2S. The average molecular weight is 551 g/mol.